The van der Waals surface area contributed by atoms with Gasteiger partial charge in [-0.1, -0.05) is 66.3 Å². The van der Waals surface area contributed by atoms with E-state index < -0.39 is 0 Å². The van der Waals surface area contributed by atoms with Crippen molar-refractivity contribution in [3.05, 3.63) is 113 Å². The molecule has 2 heteroatoms. The van der Waals surface area contributed by atoms with Gasteiger partial charge < -0.3 is 10.2 Å². The molecule has 2 nitrogen and oxygen atoms in total. The summed E-state index contributed by atoms with van der Waals surface area (Å²) in [7, 11) is 0. The summed E-state index contributed by atoms with van der Waals surface area (Å²) in [5.74, 6) is 0.526. The van der Waals surface area contributed by atoms with Crippen molar-refractivity contribution in [2.45, 2.75) is 25.7 Å². The molecule has 0 heterocycles. The van der Waals surface area contributed by atoms with Crippen molar-refractivity contribution in [1.82, 2.24) is 0 Å². The number of aromatic hydroxyl groups is 2. The first kappa shape index (κ1) is 18.1. The highest BCUT2D eigenvalue weighted by atomic mass is 16.3. The molecule has 4 rings (SSSR count). The molecule has 0 amide bonds. The third-order valence-electron chi connectivity index (χ3n) is 5.32. The van der Waals surface area contributed by atoms with Gasteiger partial charge in [-0.2, -0.15) is 0 Å². The summed E-state index contributed by atoms with van der Waals surface area (Å²) in [6.07, 6.45) is 17.0. The van der Waals surface area contributed by atoms with E-state index in [1.807, 2.05) is 24.3 Å². The Morgan fingerprint density at radius 3 is 1.79 bits per heavy atom. The van der Waals surface area contributed by atoms with Crippen molar-refractivity contribution >= 4 is 5.57 Å². The van der Waals surface area contributed by atoms with Crippen LogP contribution in [-0.4, -0.2) is 10.2 Å². The Balaban J connectivity index is 1.82. The summed E-state index contributed by atoms with van der Waals surface area (Å²) >= 11 is 0. The van der Waals surface area contributed by atoms with Gasteiger partial charge in [-0.15, -0.1) is 0 Å². The molecule has 0 fully saturated rings. The van der Waals surface area contributed by atoms with Crippen LogP contribution in [0.4, 0.5) is 0 Å². The average molecular weight is 368 g/mol. The number of hydrogen-bond donors (Lipinski definition) is 2. The molecular formula is C26H24O2. The minimum absolute atomic E-state index is 0.263. The van der Waals surface area contributed by atoms with Gasteiger partial charge in [0, 0.05) is 0 Å². The van der Waals surface area contributed by atoms with E-state index in [-0.39, 0.29) is 11.5 Å². The second kappa shape index (κ2) is 8.18. The van der Waals surface area contributed by atoms with Gasteiger partial charge in [0.2, 0.25) is 0 Å². The number of phenols is 2. The third kappa shape index (κ3) is 4.01. The van der Waals surface area contributed by atoms with E-state index >= 15 is 0 Å². The Morgan fingerprint density at radius 1 is 0.714 bits per heavy atom. The second-order valence-corrected chi connectivity index (χ2v) is 7.23. The van der Waals surface area contributed by atoms with Crippen LogP contribution in [0.3, 0.4) is 0 Å². The van der Waals surface area contributed by atoms with Crippen LogP contribution in [-0.2, 0) is 0 Å². The summed E-state index contributed by atoms with van der Waals surface area (Å²) in [5, 5.41) is 19.5. The van der Waals surface area contributed by atoms with Gasteiger partial charge in [-0.25, -0.2) is 0 Å². The minimum atomic E-state index is 0.263. The number of rotatable bonds is 6. The molecule has 2 N–H and O–H groups in total. The molecule has 2 aliphatic rings. The number of benzene rings is 2. The van der Waals surface area contributed by atoms with Crippen LogP contribution in [0.2, 0.25) is 0 Å². The van der Waals surface area contributed by atoms with E-state index in [1.54, 1.807) is 24.3 Å². The van der Waals surface area contributed by atoms with Gasteiger partial charge in [0.05, 0.1) is 0 Å². The molecule has 2 aliphatic carbocycles. The highest BCUT2D eigenvalue weighted by Gasteiger charge is 2.17. The number of hydrogen-bond acceptors (Lipinski definition) is 2. The predicted octanol–water partition coefficient (Wildman–Crippen LogP) is 6.45. The van der Waals surface area contributed by atoms with Crippen LogP contribution in [0.1, 0.15) is 36.8 Å². The first-order valence-corrected chi connectivity index (χ1v) is 9.73. The maximum absolute atomic E-state index is 9.76. The zero-order valence-corrected chi connectivity index (χ0v) is 15.8. The lowest BCUT2D eigenvalue weighted by atomic mass is 9.85. The van der Waals surface area contributed by atoms with Crippen LogP contribution >= 0.6 is 0 Å². The molecule has 140 valence electrons. The first-order chi connectivity index (χ1) is 13.7. The zero-order chi connectivity index (χ0) is 19.3. The minimum Gasteiger partial charge on any atom is -0.508 e. The molecule has 0 atom stereocenters. The van der Waals surface area contributed by atoms with E-state index in [1.165, 1.54) is 22.3 Å². The maximum Gasteiger partial charge on any atom is 0.115 e. The van der Waals surface area contributed by atoms with Gasteiger partial charge in [-0.05, 0) is 77.8 Å². The molecule has 0 spiro atoms. The summed E-state index contributed by atoms with van der Waals surface area (Å²) in [5.41, 5.74) is 7.44. The fourth-order valence-corrected chi connectivity index (χ4v) is 3.85. The van der Waals surface area contributed by atoms with Gasteiger partial charge in [-0.3, -0.25) is 0 Å². The van der Waals surface area contributed by atoms with E-state index in [9.17, 15) is 10.2 Å². The lowest BCUT2D eigenvalue weighted by Gasteiger charge is -2.19. The fourth-order valence-electron chi connectivity index (χ4n) is 3.85. The Kier molecular flexibility index (Phi) is 5.29. The van der Waals surface area contributed by atoms with Crippen molar-refractivity contribution in [2.24, 2.45) is 0 Å². The van der Waals surface area contributed by atoms with Crippen molar-refractivity contribution in [3.63, 3.8) is 0 Å². The number of phenolic OH excluding ortho intramolecular Hbond substituents is 2. The van der Waals surface area contributed by atoms with Crippen molar-refractivity contribution in [2.75, 3.05) is 0 Å². The van der Waals surface area contributed by atoms with Crippen LogP contribution < -0.4 is 0 Å². The van der Waals surface area contributed by atoms with E-state index in [2.05, 4.69) is 36.5 Å². The molecule has 0 saturated carbocycles. The fraction of sp³-hybridized carbons (Fsp3) is 0.154. The summed E-state index contributed by atoms with van der Waals surface area (Å²) < 4.78 is 0. The van der Waals surface area contributed by atoms with Crippen molar-refractivity contribution in [1.29, 1.82) is 0 Å². The zero-order valence-electron chi connectivity index (χ0n) is 15.8. The van der Waals surface area contributed by atoms with Crippen LogP contribution in [0, 0.1) is 0 Å². The molecule has 0 bridgehead atoms. The Hall–Kier alpha value is -3.26. The Morgan fingerprint density at radius 2 is 1.29 bits per heavy atom. The Labute approximate surface area is 166 Å². The molecule has 2 aromatic carbocycles. The molecule has 2 aromatic rings. The van der Waals surface area contributed by atoms with Crippen molar-refractivity contribution < 1.29 is 10.2 Å². The predicted molar refractivity (Wildman–Crippen MR) is 115 cm³/mol. The summed E-state index contributed by atoms with van der Waals surface area (Å²) in [6, 6.07) is 14.8. The molecule has 28 heavy (non-hydrogen) atoms. The summed E-state index contributed by atoms with van der Waals surface area (Å²) in [6.45, 7) is 0. The topological polar surface area (TPSA) is 40.5 Å². The molecular weight excluding hydrogens is 344 g/mol. The van der Waals surface area contributed by atoms with Crippen LogP contribution in [0.25, 0.3) is 5.57 Å². The van der Waals surface area contributed by atoms with Gasteiger partial charge in [0.1, 0.15) is 11.5 Å². The standard InChI is InChI=1S/C26H24O2/c27-23-14-10-21(11-15-23)26(22-12-16-24(28)17-13-22)25(20-7-3-4-8-20)18-9-19-5-1-2-6-19/h1-5,7,10-17,27-28H,6,8-9,18H2. The molecule has 0 aliphatic heterocycles. The van der Waals surface area contributed by atoms with E-state index in [4.69, 9.17) is 0 Å². The lowest BCUT2D eigenvalue weighted by Crippen LogP contribution is -1.99. The quantitative estimate of drug-likeness (QED) is 0.615. The van der Waals surface area contributed by atoms with Crippen molar-refractivity contribution in [3.8, 4) is 11.5 Å². The smallest absolute Gasteiger partial charge is 0.115 e. The molecule has 0 unspecified atom stereocenters. The van der Waals surface area contributed by atoms with Gasteiger partial charge >= 0.3 is 0 Å². The first-order valence-electron chi connectivity index (χ1n) is 9.73. The lowest BCUT2D eigenvalue weighted by molar-refractivity contribution is 0.475. The summed E-state index contributed by atoms with van der Waals surface area (Å²) in [4.78, 5) is 0. The van der Waals surface area contributed by atoms with Gasteiger partial charge in [0.25, 0.3) is 0 Å². The SMILES string of the molecule is Oc1ccc(C(=C(CCC2=CC=CC2)C2=CC=CC2)c2ccc(O)cc2)cc1. The molecule has 0 radical (unpaired) electrons. The van der Waals surface area contributed by atoms with E-state index in [0.29, 0.717) is 0 Å². The monoisotopic (exact) mass is 368 g/mol. The van der Waals surface area contributed by atoms with Crippen LogP contribution in [0.5, 0.6) is 11.5 Å². The third-order valence-corrected chi connectivity index (χ3v) is 5.32. The molecule has 0 saturated heterocycles. The molecule has 0 aromatic heterocycles. The maximum atomic E-state index is 9.76. The average Bonchev–Trinajstić information content (AvgIpc) is 3.41. The second-order valence-electron chi connectivity index (χ2n) is 7.23. The van der Waals surface area contributed by atoms with Crippen LogP contribution in [0.15, 0.2) is 102 Å². The van der Waals surface area contributed by atoms with Gasteiger partial charge in [0.15, 0.2) is 0 Å². The highest BCUT2D eigenvalue weighted by Crippen LogP contribution is 2.37. The number of allylic oxidation sites excluding steroid dienone is 9. The Bertz CT molecular complexity index is 950. The normalized spacial score (nSPS) is 14.9. The van der Waals surface area contributed by atoms with E-state index in [0.717, 1.165) is 36.8 Å². The highest BCUT2D eigenvalue weighted by molar-refractivity contribution is 5.85. The largest absolute Gasteiger partial charge is 0.508 e.